The van der Waals surface area contributed by atoms with E-state index in [-0.39, 0.29) is 5.57 Å². The lowest BCUT2D eigenvalue weighted by Gasteiger charge is -1.87. The number of aliphatic carboxylic acids is 1. The minimum absolute atomic E-state index is 0.176. The highest BCUT2D eigenvalue weighted by molar-refractivity contribution is 5.84. The largest absolute Gasteiger partial charge is 0.478 e. The van der Waals surface area contributed by atoms with E-state index in [2.05, 4.69) is 27.0 Å². The van der Waals surface area contributed by atoms with Crippen LogP contribution in [0.25, 0.3) is 0 Å². The monoisotopic (exact) mass is 170 g/mol. The highest BCUT2D eigenvalue weighted by atomic mass is 16.4. The Kier molecular flexibility index (Phi) is 9.08. The average Bonchev–Trinajstić information content (AvgIpc) is 1.87. The number of carboxylic acid groups (broad SMARTS) is 1. The van der Waals surface area contributed by atoms with Gasteiger partial charge >= 0.3 is 5.97 Å². The van der Waals surface area contributed by atoms with E-state index in [0.29, 0.717) is 0 Å². The molecule has 2 nitrogen and oxygen atoms in total. The van der Waals surface area contributed by atoms with Gasteiger partial charge in [0.25, 0.3) is 0 Å². The van der Waals surface area contributed by atoms with Crippen LogP contribution < -0.4 is 0 Å². The topological polar surface area (TPSA) is 37.3 Å². The Morgan fingerprint density at radius 1 is 1.33 bits per heavy atom. The lowest BCUT2D eigenvalue weighted by Crippen LogP contribution is -1.92. The van der Waals surface area contributed by atoms with Crippen molar-refractivity contribution in [1.29, 1.82) is 0 Å². The molecule has 0 saturated heterocycles. The third-order valence-electron chi connectivity index (χ3n) is 1.04. The molecule has 0 aliphatic heterocycles. The zero-order valence-electron chi connectivity index (χ0n) is 8.18. The zero-order chi connectivity index (χ0) is 10.1. The Hall–Kier alpha value is -1.05. The van der Waals surface area contributed by atoms with E-state index in [9.17, 15) is 4.79 Å². The summed E-state index contributed by atoms with van der Waals surface area (Å²) in [6.45, 7) is 12.6. The molecule has 0 unspecified atom stereocenters. The van der Waals surface area contributed by atoms with Gasteiger partial charge in [-0.1, -0.05) is 25.5 Å². The maximum absolute atomic E-state index is 9.60. The van der Waals surface area contributed by atoms with Gasteiger partial charge in [0.05, 0.1) is 0 Å². The number of hydrogen-bond donors (Lipinski definition) is 1. The second-order valence-electron chi connectivity index (χ2n) is 2.79. The molecule has 0 heterocycles. The lowest BCUT2D eigenvalue weighted by molar-refractivity contribution is -0.132. The summed E-state index contributed by atoms with van der Waals surface area (Å²) in [5.74, 6) is -0.935. The minimum atomic E-state index is -0.935. The van der Waals surface area contributed by atoms with Gasteiger partial charge in [-0.3, -0.25) is 0 Å². The fourth-order valence-electron chi connectivity index (χ4n) is 0.427. The molecule has 0 bridgehead atoms. The molecule has 0 aromatic heterocycles. The molecule has 0 spiro atoms. The molecular weight excluding hydrogens is 152 g/mol. The van der Waals surface area contributed by atoms with Gasteiger partial charge in [-0.15, -0.1) is 6.58 Å². The number of carboxylic acids is 1. The molecule has 70 valence electrons. The van der Waals surface area contributed by atoms with Crippen LogP contribution >= 0.6 is 0 Å². The van der Waals surface area contributed by atoms with Crippen LogP contribution in [0.4, 0.5) is 0 Å². The second-order valence-corrected chi connectivity index (χ2v) is 2.79. The van der Waals surface area contributed by atoms with E-state index in [4.69, 9.17) is 5.11 Å². The molecule has 0 saturated carbocycles. The standard InChI is InChI=1S/C6H12.C4H6O2/c1-4-5-6(2)3;1-3(2)4(5)6/h2,4-5H2,1,3H3;1H2,2H3,(H,5,6). The van der Waals surface area contributed by atoms with E-state index in [1.54, 1.807) is 0 Å². The maximum atomic E-state index is 9.60. The fraction of sp³-hybridized carbons (Fsp3) is 0.500. The van der Waals surface area contributed by atoms with Gasteiger partial charge in [0.15, 0.2) is 0 Å². The molecular formula is C10H18O2. The van der Waals surface area contributed by atoms with Crippen molar-refractivity contribution in [3.05, 3.63) is 24.3 Å². The fourth-order valence-corrected chi connectivity index (χ4v) is 0.427. The molecule has 0 rings (SSSR count). The van der Waals surface area contributed by atoms with Crippen LogP contribution in [-0.4, -0.2) is 11.1 Å². The van der Waals surface area contributed by atoms with E-state index in [0.717, 1.165) is 0 Å². The summed E-state index contributed by atoms with van der Waals surface area (Å²) in [5, 5.41) is 7.89. The van der Waals surface area contributed by atoms with Crippen molar-refractivity contribution in [3.8, 4) is 0 Å². The van der Waals surface area contributed by atoms with Crippen LogP contribution in [-0.2, 0) is 4.79 Å². The maximum Gasteiger partial charge on any atom is 0.330 e. The van der Waals surface area contributed by atoms with Crippen LogP contribution in [0, 0.1) is 0 Å². The highest BCUT2D eigenvalue weighted by Crippen LogP contribution is 1.96. The summed E-state index contributed by atoms with van der Waals surface area (Å²) in [5.41, 5.74) is 1.47. The molecule has 0 aromatic carbocycles. The number of carbonyl (C=O) groups is 1. The summed E-state index contributed by atoms with van der Waals surface area (Å²) < 4.78 is 0. The van der Waals surface area contributed by atoms with Crippen molar-refractivity contribution < 1.29 is 9.90 Å². The first-order valence-electron chi connectivity index (χ1n) is 3.95. The third-order valence-corrected chi connectivity index (χ3v) is 1.04. The van der Waals surface area contributed by atoms with Crippen molar-refractivity contribution >= 4 is 5.97 Å². The van der Waals surface area contributed by atoms with Gasteiger partial charge in [0.1, 0.15) is 0 Å². The molecule has 0 aromatic rings. The van der Waals surface area contributed by atoms with Gasteiger partial charge in [0, 0.05) is 5.57 Å². The smallest absolute Gasteiger partial charge is 0.330 e. The summed E-state index contributed by atoms with van der Waals surface area (Å²) >= 11 is 0. The number of hydrogen-bond acceptors (Lipinski definition) is 1. The Morgan fingerprint density at radius 3 is 1.67 bits per heavy atom. The molecule has 0 aliphatic rings. The minimum Gasteiger partial charge on any atom is -0.478 e. The van der Waals surface area contributed by atoms with E-state index < -0.39 is 5.97 Å². The van der Waals surface area contributed by atoms with Crippen molar-refractivity contribution in [2.24, 2.45) is 0 Å². The Bertz CT molecular complexity index is 157. The quantitative estimate of drug-likeness (QED) is 0.522. The van der Waals surface area contributed by atoms with Crippen molar-refractivity contribution in [2.75, 3.05) is 0 Å². The molecule has 0 radical (unpaired) electrons. The van der Waals surface area contributed by atoms with Crippen LogP contribution in [0.2, 0.25) is 0 Å². The predicted octanol–water partition coefficient (Wildman–Crippen LogP) is 3.01. The first-order chi connectivity index (χ1) is 5.41. The van der Waals surface area contributed by atoms with Gasteiger partial charge in [-0.05, 0) is 20.3 Å². The summed E-state index contributed by atoms with van der Waals surface area (Å²) in [6, 6.07) is 0. The van der Waals surface area contributed by atoms with E-state index in [1.165, 1.54) is 25.3 Å². The Labute approximate surface area is 74.6 Å². The number of rotatable bonds is 3. The summed E-state index contributed by atoms with van der Waals surface area (Å²) in [7, 11) is 0. The van der Waals surface area contributed by atoms with Gasteiger partial charge in [-0.2, -0.15) is 0 Å². The Balaban J connectivity index is 0. The molecule has 0 atom stereocenters. The van der Waals surface area contributed by atoms with Crippen LogP contribution in [0.3, 0.4) is 0 Å². The SMILES string of the molecule is C=C(C)C(=O)O.C=C(C)CCC. The van der Waals surface area contributed by atoms with Crippen LogP contribution in [0.1, 0.15) is 33.6 Å². The van der Waals surface area contributed by atoms with Gasteiger partial charge in [-0.25, -0.2) is 4.79 Å². The average molecular weight is 170 g/mol. The van der Waals surface area contributed by atoms with E-state index in [1.807, 2.05) is 0 Å². The predicted molar refractivity (Wildman–Crippen MR) is 52.2 cm³/mol. The van der Waals surface area contributed by atoms with Crippen LogP contribution in [0.5, 0.6) is 0 Å². The van der Waals surface area contributed by atoms with Crippen molar-refractivity contribution in [1.82, 2.24) is 0 Å². The number of allylic oxidation sites excluding steroid dienone is 1. The second kappa shape index (κ2) is 8.05. The molecule has 1 N–H and O–H groups in total. The van der Waals surface area contributed by atoms with Crippen molar-refractivity contribution in [2.45, 2.75) is 33.6 Å². The molecule has 12 heavy (non-hydrogen) atoms. The first kappa shape index (κ1) is 13.5. The first-order valence-corrected chi connectivity index (χ1v) is 3.95. The molecule has 0 aliphatic carbocycles. The normalized spacial score (nSPS) is 7.92. The molecule has 0 fully saturated rings. The van der Waals surface area contributed by atoms with Gasteiger partial charge < -0.3 is 5.11 Å². The van der Waals surface area contributed by atoms with Gasteiger partial charge in [0.2, 0.25) is 0 Å². The zero-order valence-corrected chi connectivity index (χ0v) is 8.18. The summed E-state index contributed by atoms with van der Waals surface area (Å²) in [6.07, 6.45) is 2.41. The van der Waals surface area contributed by atoms with E-state index >= 15 is 0 Å². The summed E-state index contributed by atoms with van der Waals surface area (Å²) in [4.78, 5) is 9.60. The lowest BCUT2D eigenvalue weighted by atomic mass is 10.2. The van der Waals surface area contributed by atoms with Crippen LogP contribution in [0.15, 0.2) is 24.3 Å². The molecule has 0 amide bonds. The van der Waals surface area contributed by atoms with Crippen molar-refractivity contribution in [3.63, 3.8) is 0 Å². The molecule has 2 heteroatoms. The third kappa shape index (κ3) is 16.0. The Morgan fingerprint density at radius 2 is 1.67 bits per heavy atom. The highest BCUT2D eigenvalue weighted by Gasteiger charge is 1.90.